The highest BCUT2D eigenvalue weighted by molar-refractivity contribution is 5.78. The normalized spacial score (nSPS) is 13.5. The first-order valence-corrected chi connectivity index (χ1v) is 12.3. The van der Waals surface area contributed by atoms with Crippen molar-refractivity contribution in [3.63, 3.8) is 0 Å². The first-order valence-electron chi connectivity index (χ1n) is 12.3. The number of benzene rings is 3. The Morgan fingerprint density at radius 1 is 0.974 bits per heavy atom. The van der Waals surface area contributed by atoms with Crippen LogP contribution in [-0.4, -0.2) is 26.1 Å². The van der Waals surface area contributed by atoms with Crippen molar-refractivity contribution >= 4 is 22.9 Å². The quantitative estimate of drug-likeness (QED) is 0.294. The fourth-order valence-corrected chi connectivity index (χ4v) is 4.73. The average Bonchev–Trinajstić information content (AvgIpc) is 3.36. The molecular formula is C28H22F4N6O. The van der Waals surface area contributed by atoms with Crippen LogP contribution >= 0.6 is 0 Å². The molecule has 39 heavy (non-hydrogen) atoms. The minimum absolute atomic E-state index is 0.135. The molecule has 1 aliphatic rings. The Morgan fingerprint density at radius 2 is 1.74 bits per heavy atom. The van der Waals surface area contributed by atoms with Crippen LogP contribution in [0.2, 0.25) is 0 Å². The number of aromatic nitrogens is 4. The molecule has 3 heterocycles. The summed E-state index contributed by atoms with van der Waals surface area (Å²) in [5, 5.41) is 3.13. The Morgan fingerprint density at radius 3 is 2.51 bits per heavy atom. The van der Waals surface area contributed by atoms with E-state index < -0.39 is 11.7 Å². The number of imidazole rings is 1. The van der Waals surface area contributed by atoms with Gasteiger partial charge in [-0.2, -0.15) is 13.2 Å². The highest BCUT2D eigenvalue weighted by Gasteiger charge is 2.31. The summed E-state index contributed by atoms with van der Waals surface area (Å²) in [5.74, 6) is 0.313. The first-order chi connectivity index (χ1) is 18.8. The third-order valence-corrected chi connectivity index (χ3v) is 6.74. The molecule has 0 aliphatic carbocycles. The van der Waals surface area contributed by atoms with Crippen molar-refractivity contribution in [2.75, 3.05) is 16.8 Å². The maximum absolute atomic E-state index is 14.2. The van der Waals surface area contributed by atoms with Crippen LogP contribution in [0.1, 0.15) is 22.4 Å². The summed E-state index contributed by atoms with van der Waals surface area (Å²) in [6.45, 7) is 0.761. The summed E-state index contributed by atoms with van der Waals surface area (Å²) in [5.41, 5.74) is 1.70. The molecule has 11 heteroatoms. The lowest BCUT2D eigenvalue weighted by Crippen LogP contribution is -2.39. The van der Waals surface area contributed by atoms with Crippen LogP contribution in [0.5, 0.6) is 0 Å². The average molecular weight is 535 g/mol. The predicted octanol–water partition coefficient (Wildman–Crippen LogP) is 5.44. The van der Waals surface area contributed by atoms with Crippen molar-refractivity contribution in [1.82, 2.24) is 19.5 Å². The number of hydrogen-bond acceptors (Lipinski definition) is 5. The molecular weight excluding hydrogens is 512 g/mol. The summed E-state index contributed by atoms with van der Waals surface area (Å²) in [6, 6.07) is 18.7. The fraction of sp³-hybridized carbons (Fsp3) is 0.179. The molecule has 0 atom stereocenters. The zero-order valence-electron chi connectivity index (χ0n) is 20.5. The topological polar surface area (TPSA) is 78.8 Å². The Labute approximate surface area is 219 Å². The van der Waals surface area contributed by atoms with Crippen molar-refractivity contribution < 1.29 is 17.6 Å². The van der Waals surface area contributed by atoms with E-state index in [1.165, 1.54) is 16.7 Å². The number of anilines is 2. The van der Waals surface area contributed by atoms with Gasteiger partial charge in [0.2, 0.25) is 11.9 Å². The second-order valence-electron chi connectivity index (χ2n) is 9.24. The number of halogens is 4. The van der Waals surface area contributed by atoms with Crippen LogP contribution in [0.4, 0.5) is 29.5 Å². The van der Waals surface area contributed by atoms with Gasteiger partial charge in [0, 0.05) is 25.1 Å². The van der Waals surface area contributed by atoms with Crippen LogP contribution in [0.15, 0.2) is 77.6 Å². The largest absolute Gasteiger partial charge is 0.416 e. The van der Waals surface area contributed by atoms with Gasteiger partial charge in [-0.3, -0.25) is 4.79 Å². The summed E-state index contributed by atoms with van der Waals surface area (Å²) in [4.78, 5) is 27.8. The maximum Gasteiger partial charge on any atom is 0.416 e. The van der Waals surface area contributed by atoms with Gasteiger partial charge in [-0.05, 0) is 36.4 Å². The second kappa shape index (κ2) is 9.57. The van der Waals surface area contributed by atoms with E-state index in [4.69, 9.17) is 4.98 Å². The zero-order chi connectivity index (χ0) is 27.1. The predicted molar refractivity (Wildman–Crippen MR) is 139 cm³/mol. The van der Waals surface area contributed by atoms with Gasteiger partial charge in [0.15, 0.2) is 0 Å². The van der Waals surface area contributed by atoms with Crippen molar-refractivity contribution in [3.8, 4) is 5.69 Å². The summed E-state index contributed by atoms with van der Waals surface area (Å²) >= 11 is 0. The number of rotatable bonds is 5. The molecule has 0 saturated carbocycles. The Bertz CT molecular complexity index is 1730. The summed E-state index contributed by atoms with van der Waals surface area (Å²) in [6.07, 6.45) is -4.05. The highest BCUT2D eigenvalue weighted by Crippen LogP contribution is 2.32. The standard InChI is InChI=1S/C28H22F4N6O/c29-21-9-5-4-6-17(21)15-33-26-34-22-12-13-37(16-20(22)25(39)38(26)19-7-2-1-3-8-19)27-35-23-11-10-18(28(30,31)32)14-24(23)36-27/h1-11,14H,12-13,15-16H2,(H,33,34)(H,35,36). The van der Waals surface area contributed by atoms with E-state index in [9.17, 15) is 22.4 Å². The molecule has 0 fully saturated rings. The van der Waals surface area contributed by atoms with Crippen molar-refractivity contribution in [2.24, 2.45) is 0 Å². The number of H-pyrrole nitrogens is 1. The molecule has 6 rings (SSSR count). The molecule has 2 N–H and O–H groups in total. The zero-order valence-corrected chi connectivity index (χ0v) is 20.5. The minimum atomic E-state index is -4.46. The van der Waals surface area contributed by atoms with Crippen LogP contribution in [0, 0.1) is 5.82 Å². The van der Waals surface area contributed by atoms with Gasteiger partial charge in [0.05, 0.1) is 40.1 Å². The van der Waals surface area contributed by atoms with Crippen molar-refractivity contribution in [2.45, 2.75) is 25.7 Å². The second-order valence-corrected chi connectivity index (χ2v) is 9.24. The molecule has 0 bridgehead atoms. The van der Waals surface area contributed by atoms with E-state index in [1.54, 1.807) is 42.5 Å². The Hall–Kier alpha value is -4.67. The monoisotopic (exact) mass is 534 g/mol. The van der Waals surface area contributed by atoms with E-state index in [-0.39, 0.29) is 30.0 Å². The number of nitrogens with one attached hydrogen (secondary N) is 2. The number of fused-ring (bicyclic) bond motifs is 2. The van der Waals surface area contributed by atoms with Gasteiger partial charge in [-0.1, -0.05) is 36.4 Å². The molecule has 1 aliphatic heterocycles. The third kappa shape index (κ3) is 4.71. The number of para-hydroxylation sites is 1. The molecule has 198 valence electrons. The molecule has 0 radical (unpaired) electrons. The van der Waals surface area contributed by atoms with Crippen molar-refractivity contribution in [3.05, 3.63) is 111 Å². The summed E-state index contributed by atoms with van der Waals surface area (Å²) in [7, 11) is 0. The molecule has 0 spiro atoms. The molecule has 0 saturated heterocycles. The van der Waals surface area contributed by atoms with Gasteiger partial charge in [0.1, 0.15) is 5.82 Å². The smallest absolute Gasteiger partial charge is 0.351 e. The van der Waals surface area contributed by atoms with Gasteiger partial charge < -0.3 is 15.2 Å². The maximum atomic E-state index is 14.2. The van der Waals surface area contributed by atoms with Gasteiger partial charge in [-0.15, -0.1) is 0 Å². The first kappa shape index (κ1) is 24.7. The van der Waals surface area contributed by atoms with E-state index in [2.05, 4.69) is 15.3 Å². The van der Waals surface area contributed by atoms with E-state index >= 15 is 0 Å². The van der Waals surface area contributed by atoms with E-state index in [1.807, 2.05) is 11.0 Å². The Kier molecular flexibility index (Phi) is 6.05. The fourth-order valence-electron chi connectivity index (χ4n) is 4.73. The molecule has 5 aromatic rings. The summed E-state index contributed by atoms with van der Waals surface area (Å²) < 4.78 is 55.2. The lowest BCUT2D eigenvalue weighted by atomic mass is 10.1. The number of hydrogen-bond donors (Lipinski definition) is 2. The van der Waals surface area contributed by atoms with Crippen LogP contribution in [0.3, 0.4) is 0 Å². The third-order valence-electron chi connectivity index (χ3n) is 6.74. The van der Waals surface area contributed by atoms with E-state index in [0.717, 1.165) is 12.1 Å². The number of aromatic amines is 1. The Balaban J connectivity index is 1.36. The van der Waals surface area contributed by atoms with Crippen molar-refractivity contribution in [1.29, 1.82) is 0 Å². The molecule has 0 amide bonds. The molecule has 3 aromatic carbocycles. The molecule has 0 unspecified atom stereocenters. The van der Waals surface area contributed by atoms with Crippen LogP contribution in [0.25, 0.3) is 16.7 Å². The SMILES string of the molecule is O=c1c2c(nc(NCc3ccccc3F)n1-c1ccccc1)CCN(c1nc3ccc(C(F)(F)F)cc3[nH]1)C2. The number of alkyl halides is 3. The van der Waals surface area contributed by atoms with Gasteiger partial charge in [-0.25, -0.2) is 18.9 Å². The minimum Gasteiger partial charge on any atom is -0.351 e. The molecule has 2 aromatic heterocycles. The van der Waals surface area contributed by atoms with E-state index in [0.29, 0.717) is 52.9 Å². The lowest BCUT2D eigenvalue weighted by molar-refractivity contribution is -0.137. The molecule has 7 nitrogen and oxygen atoms in total. The van der Waals surface area contributed by atoms with Crippen LogP contribution < -0.4 is 15.8 Å². The van der Waals surface area contributed by atoms with Crippen LogP contribution in [-0.2, 0) is 25.7 Å². The highest BCUT2D eigenvalue weighted by atomic mass is 19.4. The number of nitrogens with zero attached hydrogens (tertiary/aromatic N) is 4. The lowest BCUT2D eigenvalue weighted by Gasteiger charge is -2.28. The van der Waals surface area contributed by atoms with Gasteiger partial charge in [0.25, 0.3) is 5.56 Å². The van der Waals surface area contributed by atoms with Gasteiger partial charge >= 0.3 is 6.18 Å².